The summed E-state index contributed by atoms with van der Waals surface area (Å²) in [7, 11) is 0. The summed E-state index contributed by atoms with van der Waals surface area (Å²) in [5.74, 6) is 1.21. The summed E-state index contributed by atoms with van der Waals surface area (Å²) < 4.78 is 5.71. The molecule has 1 amide bonds. The number of hydrogen-bond donors (Lipinski definition) is 2. The molecule has 0 radical (unpaired) electrons. The number of rotatable bonds is 4. The van der Waals surface area contributed by atoms with E-state index in [0.717, 1.165) is 18.6 Å². The van der Waals surface area contributed by atoms with Gasteiger partial charge in [0.05, 0.1) is 0 Å². The minimum Gasteiger partial charge on any atom is -0.457 e. The molecule has 1 aliphatic carbocycles. The first-order valence-electron chi connectivity index (χ1n) is 7.65. The smallest absolute Gasteiger partial charge is 0.283 e. The molecule has 1 fully saturated rings. The Kier molecular flexibility index (Phi) is 4.88. The van der Waals surface area contributed by atoms with Crippen molar-refractivity contribution in [2.45, 2.75) is 25.3 Å². The third-order valence-corrected chi connectivity index (χ3v) is 4.04. The number of nitrogens with one attached hydrogen (secondary N) is 2. The zero-order chi connectivity index (χ0) is 16.1. The average Bonchev–Trinajstić information content (AvgIpc) is 2.53. The third-order valence-electron chi connectivity index (χ3n) is 3.74. The van der Waals surface area contributed by atoms with Gasteiger partial charge in [0.25, 0.3) is 5.91 Å². The summed E-state index contributed by atoms with van der Waals surface area (Å²) in [6.07, 6.45) is 3.36. The lowest BCUT2D eigenvalue weighted by Crippen LogP contribution is -2.43. The lowest BCUT2D eigenvalue weighted by Gasteiger charge is -2.27. The zero-order valence-electron chi connectivity index (χ0n) is 12.6. The summed E-state index contributed by atoms with van der Waals surface area (Å²) in [5, 5.41) is 5.86. The second kappa shape index (κ2) is 7.24. The first kappa shape index (κ1) is 15.5. The second-order valence-electron chi connectivity index (χ2n) is 5.49. The maximum absolute atomic E-state index is 12.0. The van der Waals surface area contributed by atoms with Crippen LogP contribution in [0.15, 0.2) is 54.6 Å². The van der Waals surface area contributed by atoms with Gasteiger partial charge in [-0.25, -0.2) is 0 Å². The molecule has 2 N–H and O–H groups in total. The lowest BCUT2D eigenvalue weighted by atomic mass is 9.93. The van der Waals surface area contributed by atoms with E-state index in [9.17, 15) is 4.79 Å². The van der Waals surface area contributed by atoms with Crippen LogP contribution in [0.4, 0.5) is 5.69 Å². The SMILES string of the molecule is O=C(Nc1ccc(Oc2ccccc2)cc1)C(=S)NC1CCC1. The number of amides is 1. The number of anilines is 1. The van der Waals surface area contributed by atoms with Crippen molar-refractivity contribution in [1.29, 1.82) is 0 Å². The number of carbonyl (C=O) groups excluding carboxylic acids is 1. The van der Waals surface area contributed by atoms with Crippen molar-refractivity contribution in [3.8, 4) is 11.5 Å². The van der Waals surface area contributed by atoms with E-state index in [2.05, 4.69) is 10.6 Å². The van der Waals surface area contributed by atoms with Gasteiger partial charge in [-0.15, -0.1) is 0 Å². The van der Waals surface area contributed by atoms with Gasteiger partial charge in [0, 0.05) is 11.7 Å². The van der Waals surface area contributed by atoms with Crippen LogP contribution in [0.1, 0.15) is 19.3 Å². The first-order valence-corrected chi connectivity index (χ1v) is 8.06. The van der Waals surface area contributed by atoms with Crippen molar-refractivity contribution in [2.24, 2.45) is 0 Å². The topological polar surface area (TPSA) is 50.4 Å². The Balaban J connectivity index is 1.54. The number of hydrogen-bond acceptors (Lipinski definition) is 3. The van der Waals surface area contributed by atoms with Crippen LogP contribution >= 0.6 is 12.2 Å². The molecule has 5 heteroatoms. The van der Waals surface area contributed by atoms with E-state index >= 15 is 0 Å². The normalized spacial score (nSPS) is 13.7. The van der Waals surface area contributed by atoms with Crippen LogP contribution in [-0.2, 0) is 4.79 Å². The van der Waals surface area contributed by atoms with E-state index in [4.69, 9.17) is 17.0 Å². The fraction of sp³-hybridized carbons (Fsp3) is 0.222. The molecule has 23 heavy (non-hydrogen) atoms. The van der Waals surface area contributed by atoms with Gasteiger partial charge in [-0.05, 0) is 55.7 Å². The molecule has 0 bridgehead atoms. The van der Waals surface area contributed by atoms with Gasteiger partial charge in [0.2, 0.25) is 0 Å². The Morgan fingerprint density at radius 1 is 1.00 bits per heavy atom. The maximum atomic E-state index is 12.0. The van der Waals surface area contributed by atoms with Crippen LogP contribution in [-0.4, -0.2) is 16.9 Å². The summed E-state index contributed by atoms with van der Waals surface area (Å²) in [6, 6.07) is 17.1. The third kappa shape index (κ3) is 4.29. The molecule has 0 saturated heterocycles. The van der Waals surface area contributed by atoms with Crippen LogP contribution in [0, 0.1) is 0 Å². The van der Waals surface area contributed by atoms with Crippen molar-refractivity contribution >= 4 is 28.8 Å². The fourth-order valence-electron chi connectivity index (χ4n) is 2.22. The summed E-state index contributed by atoms with van der Waals surface area (Å²) in [6.45, 7) is 0. The number of para-hydroxylation sites is 1. The quantitative estimate of drug-likeness (QED) is 0.837. The lowest BCUT2D eigenvalue weighted by molar-refractivity contribution is -0.110. The van der Waals surface area contributed by atoms with Crippen LogP contribution in [0.25, 0.3) is 0 Å². The molecular weight excluding hydrogens is 308 g/mol. The van der Waals surface area contributed by atoms with Crippen LogP contribution < -0.4 is 15.4 Å². The molecule has 0 spiro atoms. The molecule has 2 aromatic rings. The van der Waals surface area contributed by atoms with E-state index in [1.807, 2.05) is 42.5 Å². The molecule has 2 aromatic carbocycles. The highest BCUT2D eigenvalue weighted by Crippen LogP contribution is 2.22. The largest absolute Gasteiger partial charge is 0.457 e. The average molecular weight is 326 g/mol. The van der Waals surface area contributed by atoms with Crippen molar-refractivity contribution in [3.63, 3.8) is 0 Å². The van der Waals surface area contributed by atoms with Gasteiger partial charge >= 0.3 is 0 Å². The minimum atomic E-state index is -0.274. The molecule has 0 heterocycles. The molecule has 3 rings (SSSR count). The van der Waals surface area contributed by atoms with Crippen LogP contribution in [0.5, 0.6) is 11.5 Å². The van der Waals surface area contributed by atoms with Gasteiger partial charge in [-0.1, -0.05) is 30.4 Å². The Bertz CT molecular complexity index is 682. The van der Waals surface area contributed by atoms with Crippen molar-refractivity contribution in [1.82, 2.24) is 5.32 Å². The Hall–Kier alpha value is -2.40. The van der Waals surface area contributed by atoms with Gasteiger partial charge in [0.15, 0.2) is 4.99 Å². The number of ether oxygens (including phenoxy) is 1. The molecule has 1 aliphatic rings. The first-order chi connectivity index (χ1) is 11.2. The summed E-state index contributed by atoms with van der Waals surface area (Å²) in [5.41, 5.74) is 0.688. The van der Waals surface area contributed by atoms with Gasteiger partial charge < -0.3 is 15.4 Å². The Morgan fingerprint density at radius 2 is 1.65 bits per heavy atom. The van der Waals surface area contributed by atoms with E-state index in [1.54, 1.807) is 12.1 Å². The molecule has 0 aromatic heterocycles. The van der Waals surface area contributed by atoms with E-state index < -0.39 is 0 Å². The Labute approximate surface area is 140 Å². The number of thiocarbonyl (C=S) groups is 1. The molecule has 0 aliphatic heterocycles. The zero-order valence-corrected chi connectivity index (χ0v) is 13.4. The molecule has 1 saturated carbocycles. The number of carbonyl (C=O) groups is 1. The highest BCUT2D eigenvalue weighted by molar-refractivity contribution is 7.82. The highest BCUT2D eigenvalue weighted by atomic mass is 32.1. The minimum absolute atomic E-state index is 0.249. The van der Waals surface area contributed by atoms with E-state index in [0.29, 0.717) is 17.5 Å². The second-order valence-corrected chi connectivity index (χ2v) is 5.90. The van der Waals surface area contributed by atoms with Crippen molar-refractivity contribution in [3.05, 3.63) is 54.6 Å². The van der Waals surface area contributed by atoms with Crippen molar-refractivity contribution in [2.75, 3.05) is 5.32 Å². The van der Waals surface area contributed by atoms with Crippen LogP contribution in [0.2, 0.25) is 0 Å². The number of benzene rings is 2. The monoisotopic (exact) mass is 326 g/mol. The molecule has 0 unspecified atom stereocenters. The maximum Gasteiger partial charge on any atom is 0.283 e. The van der Waals surface area contributed by atoms with Crippen molar-refractivity contribution < 1.29 is 9.53 Å². The highest BCUT2D eigenvalue weighted by Gasteiger charge is 2.20. The summed E-state index contributed by atoms with van der Waals surface area (Å²) in [4.78, 5) is 12.3. The van der Waals surface area contributed by atoms with Gasteiger partial charge in [-0.3, -0.25) is 4.79 Å². The molecule has 0 atom stereocenters. The standard InChI is InChI=1S/C18H18N2O2S/c21-17(18(23)20-13-5-4-6-13)19-14-9-11-16(12-10-14)22-15-7-2-1-3-8-15/h1-3,7-13H,4-6H2,(H,19,21)(H,20,23). The van der Waals surface area contributed by atoms with E-state index in [1.165, 1.54) is 6.42 Å². The predicted octanol–water partition coefficient (Wildman–Crippen LogP) is 3.89. The Morgan fingerprint density at radius 3 is 2.26 bits per heavy atom. The van der Waals surface area contributed by atoms with Crippen LogP contribution in [0.3, 0.4) is 0 Å². The fourth-order valence-corrected chi connectivity index (χ4v) is 2.44. The summed E-state index contributed by atoms with van der Waals surface area (Å²) >= 11 is 5.12. The molecule has 4 nitrogen and oxygen atoms in total. The molecular formula is C18H18N2O2S. The van der Waals surface area contributed by atoms with Gasteiger partial charge in [-0.2, -0.15) is 0 Å². The van der Waals surface area contributed by atoms with E-state index in [-0.39, 0.29) is 10.9 Å². The predicted molar refractivity (Wildman–Crippen MR) is 95.0 cm³/mol. The van der Waals surface area contributed by atoms with Gasteiger partial charge in [0.1, 0.15) is 11.5 Å². The molecule has 118 valence electrons.